The molecule has 1 saturated carbocycles. The van der Waals surface area contributed by atoms with Crippen LogP contribution in [0.15, 0.2) is 5.16 Å². The molecule has 0 spiro atoms. The molecular weight excluding hydrogens is 178 g/mol. The molecule has 2 unspecified atom stereocenters. The summed E-state index contributed by atoms with van der Waals surface area (Å²) < 4.78 is 0. The second kappa shape index (κ2) is 5.86. The van der Waals surface area contributed by atoms with Crippen molar-refractivity contribution in [3.8, 4) is 0 Å². The summed E-state index contributed by atoms with van der Waals surface area (Å²) in [4.78, 5) is 0. The van der Waals surface area contributed by atoms with Crippen molar-refractivity contribution in [2.45, 2.75) is 45.1 Å². The molecule has 0 amide bonds. The minimum absolute atomic E-state index is 0.265. The van der Waals surface area contributed by atoms with Gasteiger partial charge < -0.3 is 16.3 Å². The minimum atomic E-state index is 0.265. The lowest BCUT2D eigenvalue weighted by atomic mass is 9.97. The quantitative estimate of drug-likeness (QED) is 0.211. The molecular formula is C10H21N3O. The molecule has 2 atom stereocenters. The first kappa shape index (κ1) is 11.3. The van der Waals surface area contributed by atoms with Gasteiger partial charge in [-0.15, -0.1) is 0 Å². The SMILES string of the molecule is CC1CCCCCC1NCC(N)=NO. The van der Waals surface area contributed by atoms with E-state index in [1.807, 2.05) is 0 Å². The van der Waals surface area contributed by atoms with Gasteiger partial charge in [0.15, 0.2) is 5.84 Å². The van der Waals surface area contributed by atoms with Crippen molar-refractivity contribution in [2.75, 3.05) is 6.54 Å². The molecule has 0 radical (unpaired) electrons. The Morgan fingerprint density at radius 3 is 2.86 bits per heavy atom. The summed E-state index contributed by atoms with van der Waals surface area (Å²) in [6.45, 7) is 2.76. The summed E-state index contributed by atoms with van der Waals surface area (Å²) in [5.41, 5.74) is 5.41. The smallest absolute Gasteiger partial charge is 0.153 e. The molecule has 14 heavy (non-hydrogen) atoms. The van der Waals surface area contributed by atoms with Crippen molar-refractivity contribution in [3.05, 3.63) is 0 Å². The van der Waals surface area contributed by atoms with Crippen LogP contribution in [0, 0.1) is 5.92 Å². The van der Waals surface area contributed by atoms with E-state index in [1.165, 1.54) is 32.1 Å². The Morgan fingerprint density at radius 1 is 1.43 bits per heavy atom. The lowest BCUT2D eigenvalue weighted by molar-refractivity contribution is 0.314. The molecule has 0 aromatic carbocycles. The van der Waals surface area contributed by atoms with Crippen molar-refractivity contribution in [2.24, 2.45) is 16.8 Å². The molecule has 1 fully saturated rings. The second-order valence-electron chi connectivity index (χ2n) is 4.19. The monoisotopic (exact) mass is 199 g/mol. The molecule has 0 heterocycles. The number of hydrogen-bond donors (Lipinski definition) is 3. The standard InChI is InChI=1S/C10H21N3O/c1-8-5-3-2-4-6-9(8)12-7-10(11)13-14/h8-9,12,14H,2-7H2,1H3,(H2,11,13). The Morgan fingerprint density at radius 2 is 2.14 bits per heavy atom. The number of amidine groups is 1. The predicted molar refractivity (Wildman–Crippen MR) is 57.4 cm³/mol. The number of nitrogens with zero attached hydrogens (tertiary/aromatic N) is 1. The van der Waals surface area contributed by atoms with Crippen molar-refractivity contribution < 1.29 is 5.21 Å². The van der Waals surface area contributed by atoms with E-state index < -0.39 is 0 Å². The lowest BCUT2D eigenvalue weighted by Crippen LogP contribution is -2.40. The van der Waals surface area contributed by atoms with Crippen molar-refractivity contribution in [3.63, 3.8) is 0 Å². The molecule has 4 N–H and O–H groups in total. The van der Waals surface area contributed by atoms with Gasteiger partial charge in [0.1, 0.15) is 0 Å². The van der Waals surface area contributed by atoms with Gasteiger partial charge in [-0.3, -0.25) is 0 Å². The molecule has 1 aliphatic rings. The van der Waals surface area contributed by atoms with E-state index in [-0.39, 0.29) is 5.84 Å². The molecule has 4 heteroatoms. The molecule has 1 rings (SSSR count). The summed E-state index contributed by atoms with van der Waals surface area (Å²) >= 11 is 0. The van der Waals surface area contributed by atoms with Gasteiger partial charge in [0.25, 0.3) is 0 Å². The van der Waals surface area contributed by atoms with Crippen LogP contribution in [0.2, 0.25) is 0 Å². The zero-order valence-corrected chi connectivity index (χ0v) is 8.87. The number of oxime groups is 1. The fraction of sp³-hybridized carbons (Fsp3) is 0.900. The highest BCUT2D eigenvalue weighted by molar-refractivity contribution is 5.81. The van der Waals surface area contributed by atoms with Gasteiger partial charge in [0.05, 0.1) is 6.54 Å². The van der Waals surface area contributed by atoms with Gasteiger partial charge in [-0.25, -0.2) is 0 Å². The fourth-order valence-electron chi connectivity index (χ4n) is 2.07. The average molecular weight is 199 g/mol. The van der Waals surface area contributed by atoms with Gasteiger partial charge in [0, 0.05) is 6.04 Å². The van der Waals surface area contributed by atoms with Crippen LogP contribution in [-0.4, -0.2) is 23.6 Å². The Hall–Kier alpha value is -0.770. The fourth-order valence-corrected chi connectivity index (χ4v) is 2.07. The first-order valence-corrected chi connectivity index (χ1v) is 5.44. The van der Waals surface area contributed by atoms with Crippen LogP contribution in [0.1, 0.15) is 39.0 Å². The summed E-state index contributed by atoms with van der Waals surface area (Å²) in [6.07, 6.45) is 6.46. The maximum Gasteiger partial charge on any atom is 0.153 e. The summed E-state index contributed by atoms with van der Waals surface area (Å²) in [5.74, 6) is 0.963. The Bertz CT molecular complexity index is 194. The molecule has 0 bridgehead atoms. The van der Waals surface area contributed by atoms with Crippen LogP contribution in [0.5, 0.6) is 0 Å². The Labute approximate surface area is 85.6 Å². The first-order chi connectivity index (χ1) is 6.74. The Balaban J connectivity index is 2.33. The number of nitrogens with one attached hydrogen (secondary N) is 1. The van der Waals surface area contributed by atoms with E-state index in [0.717, 1.165) is 0 Å². The zero-order chi connectivity index (χ0) is 10.4. The molecule has 82 valence electrons. The highest BCUT2D eigenvalue weighted by Crippen LogP contribution is 2.22. The highest BCUT2D eigenvalue weighted by Gasteiger charge is 2.19. The van der Waals surface area contributed by atoms with Gasteiger partial charge in [-0.05, 0) is 18.8 Å². The molecule has 0 aliphatic heterocycles. The molecule has 4 nitrogen and oxygen atoms in total. The zero-order valence-electron chi connectivity index (χ0n) is 8.87. The topological polar surface area (TPSA) is 70.6 Å². The van der Waals surface area contributed by atoms with Crippen LogP contribution in [0.4, 0.5) is 0 Å². The van der Waals surface area contributed by atoms with Gasteiger partial charge in [-0.1, -0.05) is 31.3 Å². The maximum atomic E-state index is 8.41. The lowest BCUT2D eigenvalue weighted by Gasteiger charge is -2.22. The first-order valence-electron chi connectivity index (χ1n) is 5.44. The van der Waals surface area contributed by atoms with Crippen molar-refractivity contribution in [1.29, 1.82) is 0 Å². The van der Waals surface area contributed by atoms with Crippen LogP contribution in [0.3, 0.4) is 0 Å². The van der Waals surface area contributed by atoms with Crippen molar-refractivity contribution >= 4 is 5.84 Å². The van der Waals surface area contributed by atoms with Crippen LogP contribution in [-0.2, 0) is 0 Å². The second-order valence-corrected chi connectivity index (χ2v) is 4.19. The summed E-state index contributed by atoms with van der Waals surface area (Å²) in [5, 5.41) is 14.7. The average Bonchev–Trinajstić information content (AvgIpc) is 2.39. The van der Waals surface area contributed by atoms with Gasteiger partial charge in [0.2, 0.25) is 0 Å². The molecule has 0 aromatic rings. The normalized spacial score (nSPS) is 29.9. The van der Waals surface area contributed by atoms with Gasteiger partial charge >= 0.3 is 0 Å². The minimum Gasteiger partial charge on any atom is -0.409 e. The van der Waals surface area contributed by atoms with E-state index in [4.69, 9.17) is 10.9 Å². The van der Waals surface area contributed by atoms with E-state index >= 15 is 0 Å². The van der Waals surface area contributed by atoms with Crippen LogP contribution in [0.25, 0.3) is 0 Å². The largest absolute Gasteiger partial charge is 0.409 e. The highest BCUT2D eigenvalue weighted by atomic mass is 16.4. The van der Waals surface area contributed by atoms with E-state index in [1.54, 1.807) is 0 Å². The van der Waals surface area contributed by atoms with Crippen LogP contribution >= 0.6 is 0 Å². The third-order valence-electron chi connectivity index (χ3n) is 3.04. The third kappa shape index (κ3) is 3.54. The van der Waals surface area contributed by atoms with E-state index in [9.17, 15) is 0 Å². The molecule has 1 aliphatic carbocycles. The summed E-state index contributed by atoms with van der Waals surface area (Å²) in [6, 6.07) is 0.526. The predicted octanol–water partition coefficient (Wildman–Crippen LogP) is 1.29. The number of nitrogens with two attached hydrogens (primary N) is 1. The van der Waals surface area contributed by atoms with Gasteiger partial charge in [-0.2, -0.15) is 0 Å². The van der Waals surface area contributed by atoms with E-state index in [0.29, 0.717) is 18.5 Å². The number of hydrogen-bond acceptors (Lipinski definition) is 3. The third-order valence-corrected chi connectivity index (χ3v) is 3.04. The number of rotatable bonds is 3. The Kier molecular flexibility index (Phi) is 4.73. The van der Waals surface area contributed by atoms with E-state index in [2.05, 4.69) is 17.4 Å². The summed E-state index contributed by atoms with van der Waals surface area (Å²) in [7, 11) is 0. The molecule has 0 aromatic heterocycles. The van der Waals surface area contributed by atoms with Crippen LogP contribution < -0.4 is 11.1 Å². The molecule has 0 saturated heterocycles. The maximum absolute atomic E-state index is 8.41. The van der Waals surface area contributed by atoms with Crippen molar-refractivity contribution in [1.82, 2.24) is 5.32 Å².